The van der Waals surface area contributed by atoms with Crippen LogP contribution in [0.3, 0.4) is 0 Å². The molecule has 1 aliphatic carbocycles. The molecule has 3 heteroatoms. The van der Waals surface area contributed by atoms with E-state index in [0.29, 0.717) is 0 Å². The Labute approximate surface area is 78.7 Å². The second-order valence-electron chi connectivity index (χ2n) is 4.51. The quantitative estimate of drug-likeness (QED) is 0.702. The van der Waals surface area contributed by atoms with E-state index >= 15 is 0 Å². The van der Waals surface area contributed by atoms with Gasteiger partial charge < -0.3 is 5.11 Å². The Kier molecular flexibility index (Phi) is 2.06. The van der Waals surface area contributed by atoms with Gasteiger partial charge in [0.2, 0.25) is 0 Å². The maximum Gasteiger partial charge on any atom is 0.324 e. The van der Waals surface area contributed by atoms with Crippen LogP contribution in [0.4, 0.5) is 0 Å². The van der Waals surface area contributed by atoms with Gasteiger partial charge in [0.05, 0.1) is 0 Å². The highest BCUT2D eigenvalue weighted by atomic mass is 16.4. The fraction of sp³-hybridized carbons (Fsp3) is 0.900. The van der Waals surface area contributed by atoms with Crippen molar-refractivity contribution >= 4 is 5.97 Å². The summed E-state index contributed by atoms with van der Waals surface area (Å²) in [7, 11) is 0. The summed E-state index contributed by atoms with van der Waals surface area (Å²) in [4.78, 5) is 13.2. The van der Waals surface area contributed by atoms with Crippen LogP contribution in [-0.2, 0) is 4.79 Å². The molecule has 1 saturated carbocycles. The van der Waals surface area contributed by atoms with Crippen LogP contribution in [0.15, 0.2) is 0 Å². The van der Waals surface area contributed by atoms with Crippen LogP contribution in [0.2, 0.25) is 0 Å². The van der Waals surface area contributed by atoms with Crippen LogP contribution in [0.1, 0.15) is 32.6 Å². The van der Waals surface area contributed by atoms with E-state index in [1.54, 1.807) is 0 Å². The molecule has 2 aliphatic rings. The highest BCUT2D eigenvalue weighted by molar-refractivity contribution is 5.82. The van der Waals surface area contributed by atoms with Crippen LogP contribution >= 0.6 is 0 Å². The molecule has 0 unspecified atom stereocenters. The van der Waals surface area contributed by atoms with Gasteiger partial charge in [0.1, 0.15) is 5.54 Å². The van der Waals surface area contributed by atoms with Gasteiger partial charge in [0.15, 0.2) is 0 Å². The first-order valence-electron chi connectivity index (χ1n) is 5.13. The molecular formula is C10H17NO2. The lowest BCUT2D eigenvalue weighted by Crippen LogP contribution is -2.47. The Hall–Kier alpha value is -0.570. The predicted octanol–water partition coefficient (Wildman–Crippen LogP) is 1.34. The summed E-state index contributed by atoms with van der Waals surface area (Å²) in [6, 6.07) is 0. The Balaban J connectivity index is 1.98. The number of likely N-dealkylation sites (tertiary alicyclic amines) is 1. The average Bonchev–Trinajstić information content (AvgIpc) is 2.86. The van der Waals surface area contributed by atoms with Gasteiger partial charge in [-0.1, -0.05) is 6.92 Å². The molecule has 2 fully saturated rings. The van der Waals surface area contributed by atoms with Crippen molar-refractivity contribution in [2.75, 3.05) is 13.1 Å². The maximum atomic E-state index is 11.0. The first-order chi connectivity index (χ1) is 6.15. The zero-order valence-corrected chi connectivity index (χ0v) is 8.12. The molecule has 0 aromatic rings. The molecule has 1 aliphatic heterocycles. The molecule has 3 nitrogen and oxygen atoms in total. The molecule has 0 bridgehead atoms. The van der Waals surface area contributed by atoms with Gasteiger partial charge in [-0.2, -0.15) is 0 Å². The summed E-state index contributed by atoms with van der Waals surface area (Å²) < 4.78 is 0. The Morgan fingerprint density at radius 1 is 1.38 bits per heavy atom. The zero-order chi connectivity index (χ0) is 9.47. The van der Waals surface area contributed by atoms with Crippen molar-refractivity contribution in [2.45, 2.75) is 38.1 Å². The first-order valence-corrected chi connectivity index (χ1v) is 5.13. The second-order valence-corrected chi connectivity index (χ2v) is 4.51. The second kappa shape index (κ2) is 2.98. The molecule has 0 aromatic carbocycles. The molecule has 1 saturated heterocycles. The summed E-state index contributed by atoms with van der Waals surface area (Å²) >= 11 is 0. The predicted molar refractivity (Wildman–Crippen MR) is 49.6 cm³/mol. The number of carboxylic acids is 1. The Bertz CT molecular complexity index is 215. The van der Waals surface area contributed by atoms with E-state index in [9.17, 15) is 4.79 Å². The van der Waals surface area contributed by atoms with Crippen LogP contribution in [-0.4, -0.2) is 34.6 Å². The fourth-order valence-electron chi connectivity index (χ4n) is 2.22. The maximum absolute atomic E-state index is 11.0. The monoisotopic (exact) mass is 183 g/mol. The largest absolute Gasteiger partial charge is 0.480 e. The van der Waals surface area contributed by atoms with Crippen LogP contribution in [0.5, 0.6) is 0 Å². The van der Waals surface area contributed by atoms with Gasteiger partial charge in [-0.3, -0.25) is 9.69 Å². The van der Waals surface area contributed by atoms with Gasteiger partial charge in [-0.15, -0.1) is 0 Å². The van der Waals surface area contributed by atoms with E-state index in [4.69, 9.17) is 5.11 Å². The zero-order valence-electron chi connectivity index (χ0n) is 8.12. The highest BCUT2D eigenvalue weighted by Crippen LogP contribution is 2.43. The smallest absolute Gasteiger partial charge is 0.324 e. The Morgan fingerprint density at radius 3 is 2.31 bits per heavy atom. The molecule has 0 radical (unpaired) electrons. The fourth-order valence-corrected chi connectivity index (χ4v) is 2.22. The third-order valence-electron chi connectivity index (χ3n) is 3.51. The number of carboxylic acid groups (broad SMARTS) is 1. The van der Waals surface area contributed by atoms with Crippen LogP contribution in [0.25, 0.3) is 0 Å². The summed E-state index contributed by atoms with van der Waals surface area (Å²) in [6.45, 7) is 4.21. The number of aliphatic carboxylic acids is 1. The number of hydrogen-bond donors (Lipinski definition) is 1. The van der Waals surface area contributed by atoms with Crippen molar-refractivity contribution in [3.8, 4) is 0 Å². The van der Waals surface area contributed by atoms with Gasteiger partial charge in [0.25, 0.3) is 0 Å². The van der Waals surface area contributed by atoms with Crippen molar-refractivity contribution in [3.63, 3.8) is 0 Å². The van der Waals surface area contributed by atoms with Crippen LogP contribution < -0.4 is 0 Å². The SMILES string of the molecule is CC1CCN(C2(C(=O)O)CC2)CC1. The molecular weight excluding hydrogens is 166 g/mol. The number of carbonyl (C=O) groups is 1. The molecule has 1 N–H and O–H groups in total. The standard InChI is InChI=1S/C10H17NO2/c1-8-2-6-11(7-3-8)10(4-5-10)9(12)13/h8H,2-7H2,1H3,(H,12,13). The van der Waals surface area contributed by atoms with Gasteiger partial charge in [-0.05, 0) is 44.7 Å². The number of rotatable bonds is 2. The number of hydrogen-bond acceptors (Lipinski definition) is 2. The molecule has 0 atom stereocenters. The van der Waals surface area contributed by atoms with E-state index in [1.807, 2.05) is 0 Å². The lowest BCUT2D eigenvalue weighted by Gasteiger charge is -2.34. The minimum atomic E-state index is -0.609. The van der Waals surface area contributed by atoms with Crippen LogP contribution in [0, 0.1) is 5.92 Å². The molecule has 1 heterocycles. The number of nitrogens with zero attached hydrogens (tertiary/aromatic N) is 1. The molecule has 13 heavy (non-hydrogen) atoms. The van der Waals surface area contributed by atoms with Gasteiger partial charge in [0, 0.05) is 0 Å². The molecule has 0 spiro atoms. The van der Waals surface area contributed by atoms with E-state index in [1.165, 1.54) is 0 Å². The summed E-state index contributed by atoms with van der Waals surface area (Å²) in [5, 5.41) is 9.08. The van der Waals surface area contributed by atoms with E-state index in [-0.39, 0.29) is 0 Å². The van der Waals surface area contributed by atoms with Crippen molar-refractivity contribution in [1.29, 1.82) is 0 Å². The normalized spacial score (nSPS) is 28.7. The van der Waals surface area contributed by atoms with Gasteiger partial charge >= 0.3 is 5.97 Å². The van der Waals surface area contributed by atoms with Crippen molar-refractivity contribution in [1.82, 2.24) is 4.90 Å². The molecule has 0 amide bonds. The minimum Gasteiger partial charge on any atom is -0.480 e. The molecule has 74 valence electrons. The summed E-state index contributed by atoms with van der Waals surface area (Å²) in [6.07, 6.45) is 4.04. The first kappa shape index (κ1) is 9.00. The van der Waals surface area contributed by atoms with Gasteiger partial charge in [-0.25, -0.2) is 0 Å². The van der Waals surface area contributed by atoms with Crippen molar-refractivity contribution in [2.24, 2.45) is 5.92 Å². The van der Waals surface area contributed by atoms with Crippen molar-refractivity contribution in [3.05, 3.63) is 0 Å². The molecule has 0 aromatic heterocycles. The highest BCUT2D eigenvalue weighted by Gasteiger charge is 2.55. The summed E-state index contributed by atoms with van der Waals surface area (Å²) in [5.74, 6) is 0.169. The van der Waals surface area contributed by atoms with E-state index in [2.05, 4.69) is 11.8 Å². The average molecular weight is 183 g/mol. The third kappa shape index (κ3) is 1.46. The topological polar surface area (TPSA) is 40.5 Å². The Morgan fingerprint density at radius 2 is 1.92 bits per heavy atom. The lowest BCUT2D eigenvalue weighted by molar-refractivity contribution is -0.145. The molecule has 2 rings (SSSR count). The van der Waals surface area contributed by atoms with E-state index < -0.39 is 11.5 Å². The number of piperidine rings is 1. The third-order valence-corrected chi connectivity index (χ3v) is 3.51. The van der Waals surface area contributed by atoms with E-state index in [0.717, 1.165) is 44.7 Å². The summed E-state index contributed by atoms with van der Waals surface area (Å²) in [5.41, 5.74) is -0.444. The van der Waals surface area contributed by atoms with Crippen molar-refractivity contribution < 1.29 is 9.90 Å². The lowest BCUT2D eigenvalue weighted by atomic mass is 9.97. The minimum absolute atomic E-state index is 0.444.